The lowest BCUT2D eigenvalue weighted by Gasteiger charge is -2.51. The van der Waals surface area contributed by atoms with Gasteiger partial charge in [0.2, 0.25) is 0 Å². The molecule has 100 valence electrons. The molecule has 2 N–H and O–H groups in total. The summed E-state index contributed by atoms with van der Waals surface area (Å²) in [7, 11) is 2.21. The van der Waals surface area contributed by atoms with Crippen LogP contribution in [0, 0.1) is 5.92 Å². The minimum atomic E-state index is 0.0854. The van der Waals surface area contributed by atoms with Gasteiger partial charge in [-0.2, -0.15) is 0 Å². The highest BCUT2D eigenvalue weighted by atomic mass is 15.3. The Balaban J connectivity index is 1.62. The first-order valence-corrected chi connectivity index (χ1v) is 6.92. The molecule has 17 heavy (non-hydrogen) atoms. The van der Waals surface area contributed by atoms with Gasteiger partial charge < -0.3 is 10.6 Å². The van der Waals surface area contributed by atoms with Crippen LogP contribution < -0.4 is 5.73 Å². The van der Waals surface area contributed by atoms with E-state index in [4.69, 9.17) is 5.73 Å². The monoisotopic (exact) mass is 240 g/mol. The second-order valence-electron chi connectivity index (χ2n) is 6.24. The molecule has 0 atom stereocenters. The maximum absolute atomic E-state index is 6.30. The van der Waals surface area contributed by atoms with Crippen molar-refractivity contribution in [1.82, 2.24) is 14.7 Å². The summed E-state index contributed by atoms with van der Waals surface area (Å²) in [5.41, 5.74) is 6.39. The number of piperazine rings is 1. The number of rotatable bonds is 4. The summed E-state index contributed by atoms with van der Waals surface area (Å²) in [6, 6.07) is 0. The molecule has 4 heteroatoms. The van der Waals surface area contributed by atoms with Crippen LogP contribution in [0.3, 0.4) is 0 Å². The molecule has 0 aromatic carbocycles. The predicted molar refractivity (Wildman–Crippen MR) is 72.1 cm³/mol. The fraction of sp³-hybridized carbons (Fsp3) is 1.00. The van der Waals surface area contributed by atoms with Gasteiger partial charge in [0, 0.05) is 57.9 Å². The Morgan fingerprint density at radius 1 is 1.00 bits per heavy atom. The fourth-order valence-corrected chi connectivity index (χ4v) is 2.66. The average Bonchev–Trinajstić information content (AvgIpc) is 2.24. The first-order valence-electron chi connectivity index (χ1n) is 6.92. The highest BCUT2D eigenvalue weighted by molar-refractivity contribution is 5.01. The van der Waals surface area contributed by atoms with Crippen molar-refractivity contribution in [3.8, 4) is 0 Å². The first kappa shape index (κ1) is 13.3. The largest absolute Gasteiger partial charge is 0.323 e. The lowest BCUT2D eigenvalue weighted by Crippen LogP contribution is -2.70. The van der Waals surface area contributed by atoms with Gasteiger partial charge in [-0.3, -0.25) is 9.80 Å². The molecule has 2 fully saturated rings. The average molecular weight is 240 g/mol. The van der Waals surface area contributed by atoms with E-state index in [9.17, 15) is 0 Å². The second-order valence-corrected chi connectivity index (χ2v) is 6.24. The van der Waals surface area contributed by atoms with E-state index in [-0.39, 0.29) is 5.54 Å². The van der Waals surface area contributed by atoms with Crippen molar-refractivity contribution in [2.24, 2.45) is 11.7 Å². The Kier molecular flexibility index (Phi) is 4.08. The summed E-state index contributed by atoms with van der Waals surface area (Å²) in [5.74, 6) is 0.599. The molecule has 0 radical (unpaired) electrons. The zero-order chi connectivity index (χ0) is 12.5. The van der Waals surface area contributed by atoms with Crippen LogP contribution in [0.15, 0.2) is 0 Å². The van der Waals surface area contributed by atoms with Crippen molar-refractivity contribution in [2.75, 3.05) is 59.4 Å². The van der Waals surface area contributed by atoms with Crippen LogP contribution in [0.4, 0.5) is 0 Å². The van der Waals surface area contributed by atoms with E-state index in [1.54, 1.807) is 0 Å². The third-order valence-electron chi connectivity index (χ3n) is 4.51. The van der Waals surface area contributed by atoms with Crippen molar-refractivity contribution in [3.05, 3.63) is 0 Å². The molecule has 2 aliphatic heterocycles. The summed E-state index contributed by atoms with van der Waals surface area (Å²) in [6.45, 7) is 13.9. The van der Waals surface area contributed by atoms with Crippen LogP contribution in [-0.4, -0.2) is 79.6 Å². The van der Waals surface area contributed by atoms with E-state index >= 15 is 0 Å². The normalized spacial score (nSPS) is 27.4. The Hall–Kier alpha value is -0.160. The molecule has 0 bridgehead atoms. The molecular weight excluding hydrogens is 212 g/mol. The lowest BCUT2D eigenvalue weighted by molar-refractivity contribution is 0.0259. The van der Waals surface area contributed by atoms with Crippen molar-refractivity contribution in [3.63, 3.8) is 0 Å². The third-order valence-corrected chi connectivity index (χ3v) is 4.51. The zero-order valence-electron chi connectivity index (χ0n) is 11.7. The zero-order valence-corrected chi connectivity index (χ0v) is 11.7. The molecule has 0 amide bonds. The number of likely N-dealkylation sites (tertiary alicyclic amines) is 1. The second kappa shape index (κ2) is 5.22. The predicted octanol–water partition coefficient (Wildman–Crippen LogP) is -0.0971. The standard InChI is InChI=1S/C13H28N4/c1-12(2)13(14)10-17(11-13)9-8-16-6-4-15(3)5-7-16/h12H,4-11,14H2,1-3H3. The highest BCUT2D eigenvalue weighted by Gasteiger charge is 2.41. The van der Waals surface area contributed by atoms with E-state index in [1.165, 1.54) is 39.3 Å². The highest BCUT2D eigenvalue weighted by Crippen LogP contribution is 2.25. The van der Waals surface area contributed by atoms with Crippen LogP contribution in [0.2, 0.25) is 0 Å². The Bertz CT molecular complexity index is 240. The molecule has 0 aromatic rings. The van der Waals surface area contributed by atoms with Crippen LogP contribution in [0.1, 0.15) is 13.8 Å². The number of likely N-dealkylation sites (N-methyl/N-ethyl adjacent to an activating group) is 1. The van der Waals surface area contributed by atoms with Crippen molar-refractivity contribution >= 4 is 0 Å². The molecule has 2 aliphatic rings. The Morgan fingerprint density at radius 2 is 1.53 bits per heavy atom. The number of nitrogens with zero attached hydrogens (tertiary/aromatic N) is 3. The Labute approximate surface area is 106 Å². The van der Waals surface area contributed by atoms with Crippen LogP contribution >= 0.6 is 0 Å². The van der Waals surface area contributed by atoms with E-state index in [1.807, 2.05) is 0 Å². The number of nitrogens with two attached hydrogens (primary N) is 1. The molecule has 0 saturated carbocycles. The lowest BCUT2D eigenvalue weighted by atomic mass is 9.80. The molecule has 0 aliphatic carbocycles. The molecule has 4 nitrogen and oxygen atoms in total. The third kappa shape index (κ3) is 3.19. The quantitative estimate of drug-likeness (QED) is 0.744. The van der Waals surface area contributed by atoms with Crippen LogP contribution in [0.25, 0.3) is 0 Å². The van der Waals surface area contributed by atoms with E-state index in [0.717, 1.165) is 13.1 Å². The summed E-state index contributed by atoms with van der Waals surface area (Å²) < 4.78 is 0. The summed E-state index contributed by atoms with van der Waals surface area (Å²) in [5, 5.41) is 0. The smallest absolute Gasteiger partial charge is 0.0435 e. The molecular formula is C13H28N4. The van der Waals surface area contributed by atoms with Gasteiger partial charge >= 0.3 is 0 Å². The fourth-order valence-electron chi connectivity index (χ4n) is 2.66. The van der Waals surface area contributed by atoms with Crippen molar-refractivity contribution < 1.29 is 0 Å². The molecule has 2 rings (SSSR count). The van der Waals surface area contributed by atoms with Gasteiger partial charge in [-0.25, -0.2) is 0 Å². The maximum atomic E-state index is 6.30. The van der Waals surface area contributed by atoms with Gasteiger partial charge in [-0.1, -0.05) is 13.8 Å². The van der Waals surface area contributed by atoms with Gasteiger partial charge in [-0.15, -0.1) is 0 Å². The first-order chi connectivity index (χ1) is 7.99. The van der Waals surface area contributed by atoms with Crippen molar-refractivity contribution in [2.45, 2.75) is 19.4 Å². The van der Waals surface area contributed by atoms with E-state index in [2.05, 4.69) is 35.6 Å². The van der Waals surface area contributed by atoms with Crippen LogP contribution in [0.5, 0.6) is 0 Å². The van der Waals surface area contributed by atoms with E-state index < -0.39 is 0 Å². The van der Waals surface area contributed by atoms with Crippen molar-refractivity contribution in [1.29, 1.82) is 0 Å². The molecule has 0 aromatic heterocycles. The summed E-state index contributed by atoms with van der Waals surface area (Å²) in [4.78, 5) is 7.48. The molecule has 2 heterocycles. The summed E-state index contributed by atoms with van der Waals surface area (Å²) >= 11 is 0. The minimum Gasteiger partial charge on any atom is -0.323 e. The van der Waals surface area contributed by atoms with Gasteiger partial charge in [0.15, 0.2) is 0 Å². The number of hydrogen-bond acceptors (Lipinski definition) is 4. The number of hydrogen-bond donors (Lipinski definition) is 1. The molecule has 0 spiro atoms. The molecule has 0 unspecified atom stereocenters. The van der Waals surface area contributed by atoms with Gasteiger partial charge in [0.05, 0.1) is 0 Å². The SMILES string of the molecule is CC(C)C1(N)CN(CCN2CCN(C)CC2)C1. The van der Waals surface area contributed by atoms with Gasteiger partial charge in [0.25, 0.3) is 0 Å². The molecule has 2 saturated heterocycles. The van der Waals surface area contributed by atoms with Gasteiger partial charge in [0.1, 0.15) is 0 Å². The van der Waals surface area contributed by atoms with Gasteiger partial charge in [-0.05, 0) is 13.0 Å². The van der Waals surface area contributed by atoms with Crippen LogP contribution in [-0.2, 0) is 0 Å². The van der Waals surface area contributed by atoms with E-state index in [0.29, 0.717) is 5.92 Å². The maximum Gasteiger partial charge on any atom is 0.0435 e. The topological polar surface area (TPSA) is 35.7 Å². The minimum absolute atomic E-state index is 0.0854. The summed E-state index contributed by atoms with van der Waals surface area (Å²) in [6.07, 6.45) is 0. The Morgan fingerprint density at radius 3 is 2.06 bits per heavy atom.